The van der Waals surface area contributed by atoms with Crippen LogP contribution in [0, 0.1) is 0 Å². The fraction of sp³-hybridized carbons (Fsp3) is 0.714. The van der Waals surface area contributed by atoms with Crippen LogP contribution in [-0.4, -0.2) is 30.0 Å². The number of ether oxygens (including phenoxy) is 1. The van der Waals surface area contributed by atoms with Gasteiger partial charge in [0.1, 0.15) is 6.61 Å². The molecule has 0 rings (SSSR count). The second-order valence-electron chi connectivity index (χ2n) is 2.33. The SMILES string of the molecule is CCC(Br)C(=O)NCCOC(N)=O. The summed E-state index contributed by atoms with van der Waals surface area (Å²) in [6.07, 6.45) is -0.122. The number of hydrogen-bond acceptors (Lipinski definition) is 3. The van der Waals surface area contributed by atoms with Crippen LogP contribution in [0.1, 0.15) is 13.3 Å². The van der Waals surface area contributed by atoms with Gasteiger partial charge in [0.25, 0.3) is 0 Å². The van der Waals surface area contributed by atoms with Crippen LogP contribution in [0.25, 0.3) is 0 Å². The van der Waals surface area contributed by atoms with Crippen LogP contribution in [0.2, 0.25) is 0 Å². The number of amides is 2. The predicted molar refractivity (Wildman–Crippen MR) is 51.6 cm³/mol. The number of hydrogen-bond donors (Lipinski definition) is 2. The lowest BCUT2D eigenvalue weighted by Crippen LogP contribution is -2.34. The first kappa shape index (κ1) is 12.2. The first-order valence-corrected chi connectivity index (χ1v) is 4.83. The zero-order valence-electron chi connectivity index (χ0n) is 7.38. The molecule has 2 amide bonds. The zero-order chi connectivity index (χ0) is 10.3. The van der Waals surface area contributed by atoms with Crippen LogP contribution in [0.3, 0.4) is 0 Å². The molecule has 0 saturated heterocycles. The molecular formula is C7H13BrN2O3. The van der Waals surface area contributed by atoms with Gasteiger partial charge >= 0.3 is 6.09 Å². The van der Waals surface area contributed by atoms with E-state index in [9.17, 15) is 9.59 Å². The molecule has 0 aliphatic carbocycles. The van der Waals surface area contributed by atoms with Gasteiger partial charge in [0.15, 0.2) is 0 Å². The average molecular weight is 253 g/mol. The molecule has 0 heterocycles. The van der Waals surface area contributed by atoms with Gasteiger partial charge < -0.3 is 15.8 Å². The quantitative estimate of drug-likeness (QED) is 0.548. The van der Waals surface area contributed by atoms with Crippen molar-refractivity contribution in [1.29, 1.82) is 0 Å². The van der Waals surface area contributed by atoms with Gasteiger partial charge in [-0.3, -0.25) is 4.79 Å². The topological polar surface area (TPSA) is 81.4 Å². The first-order chi connectivity index (χ1) is 6.07. The summed E-state index contributed by atoms with van der Waals surface area (Å²) in [6.45, 7) is 2.27. The molecule has 0 aromatic carbocycles. The summed E-state index contributed by atoms with van der Waals surface area (Å²) >= 11 is 3.18. The molecule has 1 atom stereocenters. The van der Waals surface area contributed by atoms with Crippen molar-refractivity contribution >= 4 is 27.9 Å². The second kappa shape index (κ2) is 6.71. The summed E-state index contributed by atoms with van der Waals surface area (Å²) in [5.74, 6) is -0.115. The maximum absolute atomic E-state index is 11.1. The van der Waals surface area contributed by atoms with Crippen molar-refractivity contribution in [2.75, 3.05) is 13.2 Å². The van der Waals surface area contributed by atoms with E-state index in [1.807, 2.05) is 6.92 Å². The fourth-order valence-electron chi connectivity index (χ4n) is 0.622. The summed E-state index contributed by atoms with van der Waals surface area (Å²) in [4.78, 5) is 21.0. The van der Waals surface area contributed by atoms with Gasteiger partial charge in [0, 0.05) is 0 Å². The Labute approximate surface area is 85.1 Å². The Morgan fingerprint density at radius 2 is 2.23 bits per heavy atom. The van der Waals surface area contributed by atoms with Gasteiger partial charge in [-0.1, -0.05) is 22.9 Å². The van der Waals surface area contributed by atoms with Crippen molar-refractivity contribution in [2.45, 2.75) is 18.2 Å². The van der Waals surface area contributed by atoms with E-state index in [-0.39, 0.29) is 23.9 Å². The zero-order valence-corrected chi connectivity index (χ0v) is 8.96. The summed E-state index contributed by atoms with van der Waals surface area (Å²) in [6, 6.07) is 0. The van der Waals surface area contributed by atoms with Gasteiger partial charge in [-0.15, -0.1) is 0 Å². The first-order valence-electron chi connectivity index (χ1n) is 3.92. The number of nitrogens with one attached hydrogen (secondary N) is 1. The Balaban J connectivity index is 3.42. The molecule has 0 aromatic heterocycles. The number of primary amides is 1. The summed E-state index contributed by atoms with van der Waals surface area (Å²) < 4.78 is 4.41. The van der Waals surface area contributed by atoms with Crippen LogP contribution in [0.4, 0.5) is 4.79 Å². The maximum atomic E-state index is 11.1. The number of nitrogens with two attached hydrogens (primary N) is 1. The summed E-state index contributed by atoms with van der Waals surface area (Å²) in [7, 11) is 0. The monoisotopic (exact) mass is 252 g/mol. The van der Waals surface area contributed by atoms with E-state index in [0.717, 1.165) is 0 Å². The van der Waals surface area contributed by atoms with E-state index in [1.54, 1.807) is 0 Å². The standard InChI is InChI=1S/C7H13BrN2O3/c1-2-5(8)6(11)10-3-4-13-7(9)12/h5H,2-4H2,1H3,(H2,9,12)(H,10,11). The van der Waals surface area contributed by atoms with Gasteiger partial charge in [-0.25, -0.2) is 4.79 Å². The highest BCUT2D eigenvalue weighted by Gasteiger charge is 2.10. The van der Waals surface area contributed by atoms with Crippen molar-refractivity contribution in [3.05, 3.63) is 0 Å². The third kappa shape index (κ3) is 6.39. The van der Waals surface area contributed by atoms with Gasteiger partial charge in [0.2, 0.25) is 5.91 Å². The Morgan fingerprint density at radius 3 is 2.69 bits per heavy atom. The molecule has 76 valence electrons. The molecule has 0 aliphatic rings. The van der Waals surface area contributed by atoms with E-state index in [2.05, 4.69) is 26.0 Å². The lowest BCUT2D eigenvalue weighted by Gasteiger charge is -2.07. The van der Waals surface area contributed by atoms with Crippen molar-refractivity contribution in [2.24, 2.45) is 5.73 Å². The third-order valence-corrected chi connectivity index (χ3v) is 2.35. The van der Waals surface area contributed by atoms with Crippen molar-refractivity contribution < 1.29 is 14.3 Å². The van der Waals surface area contributed by atoms with Gasteiger partial charge in [-0.05, 0) is 6.42 Å². The average Bonchev–Trinajstić information content (AvgIpc) is 2.10. The third-order valence-electron chi connectivity index (χ3n) is 1.29. The van der Waals surface area contributed by atoms with E-state index >= 15 is 0 Å². The van der Waals surface area contributed by atoms with Crippen molar-refractivity contribution in [3.63, 3.8) is 0 Å². The minimum absolute atomic E-state index is 0.102. The Morgan fingerprint density at radius 1 is 1.62 bits per heavy atom. The molecule has 1 unspecified atom stereocenters. The molecule has 0 aliphatic heterocycles. The summed E-state index contributed by atoms with van der Waals surface area (Å²) in [5.41, 5.74) is 4.71. The van der Waals surface area contributed by atoms with E-state index < -0.39 is 6.09 Å². The van der Waals surface area contributed by atoms with Crippen LogP contribution in [0.5, 0.6) is 0 Å². The molecule has 0 bridgehead atoms. The van der Waals surface area contributed by atoms with E-state index in [4.69, 9.17) is 5.73 Å². The minimum atomic E-state index is -0.833. The smallest absolute Gasteiger partial charge is 0.404 e. The minimum Gasteiger partial charge on any atom is -0.448 e. The van der Waals surface area contributed by atoms with Crippen molar-refractivity contribution in [3.8, 4) is 0 Å². The molecule has 3 N–H and O–H groups in total. The Bertz CT molecular complexity index is 187. The highest BCUT2D eigenvalue weighted by Crippen LogP contribution is 2.02. The molecule has 5 nitrogen and oxygen atoms in total. The largest absolute Gasteiger partial charge is 0.448 e. The second-order valence-corrected chi connectivity index (χ2v) is 3.44. The molecule has 0 radical (unpaired) electrons. The normalized spacial score (nSPS) is 11.8. The van der Waals surface area contributed by atoms with Crippen molar-refractivity contribution in [1.82, 2.24) is 5.32 Å². The molecule has 0 saturated carbocycles. The van der Waals surface area contributed by atoms with Gasteiger partial charge in [-0.2, -0.15) is 0 Å². The number of rotatable bonds is 5. The van der Waals surface area contributed by atoms with Crippen LogP contribution in [-0.2, 0) is 9.53 Å². The summed E-state index contributed by atoms with van der Waals surface area (Å²) in [5, 5.41) is 2.57. The van der Waals surface area contributed by atoms with Crippen LogP contribution >= 0.6 is 15.9 Å². The lowest BCUT2D eigenvalue weighted by atomic mass is 10.3. The maximum Gasteiger partial charge on any atom is 0.404 e. The molecule has 0 fully saturated rings. The molecule has 0 spiro atoms. The highest BCUT2D eigenvalue weighted by molar-refractivity contribution is 9.10. The molecule has 0 aromatic rings. The number of carbonyl (C=O) groups is 2. The number of alkyl halides is 1. The van der Waals surface area contributed by atoms with Crippen LogP contribution < -0.4 is 11.1 Å². The molecule has 13 heavy (non-hydrogen) atoms. The van der Waals surface area contributed by atoms with Crippen LogP contribution in [0.15, 0.2) is 0 Å². The van der Waals surface area contributed by atoms with E-state index in [0.29, 0.717) is 6.42 Å². The number of halogens is 1. The van der Waals surface area contributed by atoms with Gasteiger partial charge in [0.05, 0.1) is 11.4 Å². The predicted octanol–water partition coefficient (Wildman–Crippen LogP) is 0.371. The molecular weight excluding hydrogens is 240 g/mol. The Kier molecular flexibility index (Phi) is 6.30. The fourth-order valence-corrected chi connectivity index (χ4v) is 0.784. The lowest BCUT2D eigenvalue weighted by molar-refractivity contribution is -0.120. The molecule has 6 heteroatoms. The Hall–Kier alpha value is -0.780. The highest BCUT2D eigenvalue weighted by atomic mass is 79.9. The van der Waals surface area contributed by atoms with E-state index in [1.165, 1.54) is 0 Å². The number of carbonyl (C=O) groups excluding carboxylic acids is 2.